The van der Waals surface area contributed by atoms with E-state index in [0.29, 0.717) is 29.5 Å². The average molecular weight is 464 g/mol. The molecule has 0 aliphatic carbocycles. The molecule has 0 bridgehead atoms. The van der Waals surface area contributed by atoms with Crippen molar-refractivity contribution in [1.82, 2.24) is 0 Å². The number of hydrogen-bond acceptors (Lipinski definition) is 4. The number of carbonyl (C=O) groups is 2. The van der Waals surface area contributed by atoms with Crippen LogP contribution in [0.5, 0.6) is 0 Å². The summed E-state index contributed by atoms with van der Waals surface area (Å²) in [6.07, 6.45) is 0.943. The minimum Gasteiger partial charge on any atom is -0.481 e. The Bertz CT molecular complexity index is 997. The molecule has 6 heteroatoms. The van der Waals surface area contributed by atoms with Gasteiger partial charge in [0, 0.05) is 13.1 Å². The van der Waals surface area contributed by atoms with Crippen molar-refractivity contribution in [2.45, 2.75) is 59.8 Å². The second kappa shape index (κ2) is 12.8. The van der Waals surface area contributed by atoms with Gasteiger partial charge in [0.1, 0.15) is 0 Å². The largest absolute Gasteiger partial charge is 0.481 e. The molecule has 2 aromatic carbocycles. The molecule has 0 saturated heterocycles. The monoisotopic (exact) mass is 463 g/mol. The Balaban J connectivity index is 2.40. The van der Waals surface area contributed by atoms with Crippen LogP contribution in [-0.4, -0.2) is 30.1 Å². The highest BCUT2D eigenvalue weighted by Gasteiger charge is 2.20. The second-order valence-corrected chi connectivity index (χ2v) is 9.71. The summed E-state index contributed by atoms with van der Waals surface area (Å²) in [4.78, 5) is 26.7. The van der Waals surface area contributed by atoms with E-state index in [2.05, 4.69) is 44.0 Å². The molecular weight excluding hydrogens is 426 g/mol. The number of carbonyl (C=O) groups excluding carboxylic acids is 1. The van der Waals surface area contributed by atoms with Gasteiger partial charge in [0.15, 0.2) is 0 Å². The minimum absolute atomic E-state index is 0.0518. The van der Waals surface area contributed by atoms with Crippen LogP contribution in [0.15, 0.2) is 42.5 Å². The fourth-order valence-corrected chi connectivity index (χ4v) is 4.12. The van der Waals surface area contributed by atoms with Crippen LogP contribution in [0.2, 0.25) is 0 Å². The molecule has 0 aliphatic rings. The van der Waals surface area contributed by atoms with Crippen molar-refractivity contribution in [2.75, 3.05) is 23.3 Å². The zero-order chi connectivity index (χ0) is 25.3. The number of rotatable bonds is 12. The molecule has 1 amide bonds. The number of benzene rings is 2. The van der Waals surface area contributed by atoms with Crippen molar-refractivity contribution in [3.05, 3.63) is 59.2 Å². The Kier molecular flexibility index (Phi) is 10.1. The van der Waals surface area contributed by atoms with Crippen LogP contribution in [0.3, 0.4) is 0 Å². The molecule has 182 valence electrons. The summed E-state index contributed by atoms with van der Waals surface area (Å²) in [5.74, 6) is -0.219. The van der Waals surface area contributed by atoms with Crippen molar-refractivity contribution in [3.63, 3.8) is 0 Å². The van der Waals surface area contributed by atoms with Crippen LogP contribution in [0.4, 0.5) is 11.4 Å². The van der Waals surface area contributed by atoms with Crippen molar-refractivity contribution < 1.29 is 14.7 Å². The van der Waals surface area contributed by atoms with Gasteiger partial charge < -0.3 is 15.3 Å². The van der Waals surface area contributed by atoms with E-state index in [1.165, 1.54) is 0 Å². The predicted molar refractivity (Wildman–Crippen MR) is 137 cm³/mol. The summed E-state index contributed by atoms with van der Waals surface area (Å²) >= 11 is 0. The number of carboxylic acids is 1. The summed E-state index contributed by atoms with van der Waals surface area (Å²) in [6.45, 7) is 12.4. The van der Waals surface area contributed by atoms with Crippen LogP contribution >= 0.6 is 0 Å². The van der Waals surface area contributed by atoms with E-state index in [-0.39, 0.29) is 24.7 Å². The number of amides is 1. The Labute approximate surface area is 203 Å². The summed E-state index contributed by atoms with van der Waals surface area (Å²) in [5.41, 5.74) is 3.95. The van der Waals surface area contributed by atoms with E-state index in [1.807, 2.05) is 25.1 Å². The highest BCUT2D eigenvalue weighted by Crippen LogP contribution is 2.33. The lowest BCUT2D eigenvalue weighted by Crippen LogP contribution is -2.32. The van der Waals surface area contributed by atoms with E-state index in [9.17, 15) is 14.7 Å². The maximum Gasteiger partial charge on any atom is 0.303 e. The first-order chi connectivity index (χ1) is 16.1. The van der Waals surface area contributed by atoms with Gasteiger partial charge in [0.25, 0.3) is 0 Å². The summed E-state index contributed by atoms with van der Waals surface area (Å²) < 4.78 is 0. The van der Waals surface area contributed by atoms with Crippen molar-refractivity contribution in [2.24, 2.45) is 11.8 Å². The van der Waals surface area contributed by atoms with Crippen LogP contribution in [0, 0.1) is 23.2 Å². The molecule has 0 aliphatic heterocycles. The molecular formula is C28H37N3O3. The zero-order valence-corrected chi connectivity index (χ0v) is 21.0. The van der Waals surface area contributed by atoms with Gasteiger partial charge in [-0.05, 0) is 59.6 Å². The molecule has 0 fully saturated rings. The Hall–Kier alpha value is -3.33. The summed E-state index contributed by atoms with van der Waals surface area (Å²) in [5, 5.41) is 21.4. The van der Waals surface area contributed by atoms with Gasteiger partial charge in [0.05, 0.1) is 35.8 Å². The first kappa shape index (κ1) is 26.9. The molecule has 1 atom stereocenters. The second-order valence-electron chi connectivity index (χ2n) is 9.71. The third kappa shape index (κ3) is 8.22. The van der Waals surface area contributed by atoms with Crippen LogP contribution < -0.4 is 10.2 Å². The van der Waals surface area contributed by atoms with E-state index >= 15 is 0 Å². The maximum atomic E-state index is 13.0. The smallest absolute Gasteiger partial charge is 0.303 e. The number of hydrogen-bond donors (Lipinski definition) is 2. The topological polar surface area (TPSA) is 93.4 Å². The first-order valence-corrected chi connectivity index (χ1v) is 12.0. The minimum atomic E-state index is -0.830. The fraction of sp³-hybridized carbons (Fsp3) is 0.464. The zero-order valence-electron chi connectivity index (χ0n) is 21.0. The number of carboxylic acid groups (broad SMARTS) is 1. The number of aliphatic carboxylic acids is 1. The normalized spacial score (nSPS) is 11.8. The third-order valence-corrected chi connectivity index (χ3v) is 5.64. The van der Waals surface area contributed by atoms with Gasteiger partial charge in [-0.2, -0.15) is 5.26 Å². The van der Waals surface area contributed by atoms with Gasteiger partial charge in [-0.15, -0.1) is 0 Å². The first-order valence-electron chi connectivity index (χ1n) is 12.0. The maximum absolute atomic E-state index is 13.0. The Morgan fingerprint density at radius 2 is 1.65 bits per heavy atom. The molecule has 0 radical (unpaired) electrons. The molecule has 0 heterocycles. The molecule has 2 aromatic rings. The molecule has 1 unspecified atom stereocenters. The molecule has 2 N–H and O–H groups in total. The summed E-state index contributed by atoms with van der Waals surface area (Å²) in [7, 11) is 0. The Morgan fingerprint density at radius 1 is 1.03 bits per heavy atom. The van der Waals surface area contributed by atoms with Gasteiger partial charge in [-0.3, -0.25) is 9.59 Å². The average Bonchev–Trinajstić information content (AvgIpc) is 2.76. The number of nitrogens with zero attached hydrogens (tertiary/aromatic N) is 2. The van der Waals surface area contributed by atoms with E-state index < -0.39 is 5.97 Å². The van der Waals surface area contributed by atoms with Crippen LogP contribution in [0.1, 0.15) is 70.1 Å². The number of nitrogens with one attached hydrogen (secondary N) is 1. The molecule has 2 rings (SSSR count). The van der Waals surface area contributed by atoms with Crippen molar-refractivity contribution in [3.8, 4) is 6.07 Å². The molecule has 6 nitrogen and oxygen atoms in total. The van der Waals surface area contributed by atoms with Gasteiger partial charge in [-0.25, -0.2) is 0 Å². The highest BCUT2D eigenvalue weighted by molar-refractivity contribution is 5.96. The van der Waals surface area contributed by atoms with Gasteiger partial charge in [0.2, 0.25) is 5.91 Å². The lowest BCUT2D eigenvalue weighted by molar-refractivity contribution is -0.137. The fourth-order valence-electron chi connectivity index (χ4n) is 4.12. The quantitative estimate of drug-likeness (QED) is 0.413. The van der Waals surface area contributed by atoms with E-state index in [0.717, 1.165) is 29.9 Å². The van der Waals surface area contributed by atoms with Crippen LogP contribution in [0.25, 0.3) is 0 Å². The van der Waals surface area contributed by atoms with E-state index in [1.54, 1.807) is 24.3 Å². The molecule has 0 spiro atoms. The molecule has 0 aromatic heterocycles. The van der Waals surface area contributed by atoms with Crippen LogP contribution in [-0.2, 0) is 16.0 Å². The van der Waals surface area contributed by atoms with Crippen molar-refractivity contribution >= 4 is 23.3 Å². The highest BCUT2D eigenvalue weighted by atomic mass is 16.4. The van der Waals surface area contributed by atoms with Gasteiger partial charge in [-0.1, -0.05) is 52.8 Å². The lowest BCUT2D eigenvalue weighted by atomic mass is 9.92. The van der Waals surface area contributed by atoms with Crippen molar-refractivity contribution in [1.29, 1.82) is 5.26 Å². The third-order valence-electron chi connectivity index (χ3n) is 5.64. The number of nitriles is 1. The Morgan fingerprint density at radius 3 is 2.15 bits per heavy atom. The molecule has 34 heavy (non-hydrogen) atoms. The lowest BCUT2D eigenvalue weighted by Gasteiger charge is -2.31. The number of anilines is 2. The SMILES string of the molecule is CCC(CC(=O)O)c1ccc(N(CC(C)C)CC(C)C)c(NC(=O)Cc2ccc(C#N)cc2)c1. The van der Waals surface area contributed by atoms with Gasteiger partial charge >= 0.3 is 5.97 Å². The standard InChI is InChI=1S/C28H37N3O3/c1-6-23(15-28(33)34)24-11-12-26(31(17-19(2)3)18-20(4)5)25(14-24)30-27(32)13-21-7-9-22(16-29)10-8-21/h7-12,14,19-20,23H,6,13,15,17-18H2,1-5H3,(H,30,32)(H,33,34). The summed E-state index contributed by atoms with van der Waals surface area (Å²) in [6, 6.07) is 15.0. The molecule has 0 saturated carbocycles. The predicted octanol–water partition coefficient (Wildman–Crippen LogP) is 5.83. The van der Waals surface area contributed by atoms with E-state index in [4.69, 9.17) is 5.26 Å².